The Hall–Kier alpha value is -2.04. The zero-order valence-corrected chi connectivity index (χ0v) is 10.8. The van der Waals surface area contributed by atoms with Gasteiger partial charge in [0.1, 0.15) is 5.82 Å². The van der Waals surface area contributed by atoms with Crippen molar-refractivity contribution in [2.24, 2.45) is 5.92 Å². The van der Waals surface area contributed by atoms with Gasteiger partial charge in [0.05, 0.1) is 17.8 Å². The van der Waals surface area contributed by atoms with Crippen LogP contribution in [-0.2, 0) is 9.59 Å². The molecule has 1 amide bonds. The summed E-state index contributed by atoms with van der Waals surface area (Å²) < 4.78 is 13.1. The first-order valence-electron chi connectivity index (χ1n) is 6.14. The summed E-state index contributed by atoms with van der Waals surface area (Å²) in [5.74, 6) is -2.38. The second-order valence-corrected chi connectivity index (χ2v) is 4.66. The Kier molecular flexibility index (Phi) is 3.46. The van der Waals surface area contributed by atoms with Gasteiger partial charge >= 0.3 is 0 Å². The Morgan fingerprint density at radius 3 is 2.68 bits per heavy atom. The monoisotopic (exact) mass is 263 g/mol. The zero-order chi connectivity index (χ0) is 14.2. The molecule has 0 spiro atoms. The van der Waals surface area contributed by atoms with Crippen LogP contribution < -0.4 is 4.90 Å². The number of amides is 1. The molecule has 1 atom stereocenters. The Morgan fingerprint density at radius 1 is 1.37 bits per heavy atom. The minimum Gasteiger partial charge on any atom is -0.297 e. The van der Waals surface area contributed by atoms with Gasteiger partial charge in [0.25, 0.3) is 11.7 Å². The number of carbonyl (C=O) groups is 3. The minimum atomic E-state index is -0.766. The lowest BCUT2D eigenvalue weighted by Crippen LogP contribution is -2.36. The van der Waals surface area contributed by atoms with E-state index in [1.807, 2.05) is 6.92 Å². The molecule has 0 aromatic heterocycles. The van der Waals surface area contributed by atoms with E-state index in [1.165, 1.54) is 12.1 Å². The number of Topliss-reactive ketones (excluding diaryl/α,β-unsaturated/α-hetero) is 2. The molecule has 0 N–H and O–H groups in total. The molecule has 1 aliphatic heterocycles. The largest absolute Gasteiger partial charge is 0.299 e. The number of anilines is 1. The molecule has 0 saturated carbocycles. The van der Waals surface area contributed by atoms with Crippen molar-refractivity contribution in [1.82, 2.24) is 0 Å². The van der Waals surface area contributed by atoms with Gasteiger partial charge in [-0.3, -0.25) is 19.3 Å². The van der Waals surface area contributed by atoms with E-state index < -0.39 is 17.5 Å². The second kappa shape index (κ2) is 4.91. The Labute approximate surface area is 110 Å². The lowest BCUT2D eigenvalue weighted by Gasteiger charge is -2.17. The minimum absolute atomic E-state index is 0.0296. The first-order chi connectivity index (χ1) is 8.95. The van der Waals surface area contributed by atoms with E-state index in [0.29, 0.717) is 12.1 Å². The van der Waals surface area contributed by atoms with E-state index in [0.717, 1.165) is 11.0 Å². The van der Waals surface area contributed by atoms with Crippen LogP contribution in [0.3, 0.4) is 0 Å². The maximum atomic E-state index is 13.1. The van der Waals surface area contributed by atoms with E-state index >= 15 is 0 Å². The molecule has 0 aliphatic carbocycles. The third-order valence-electron chi connectivity index (χ3n) is 3.41. The Bertz CT molecular complexity index is 568. The summed E-state index contributed by atoms with van der Waals surface area (Å²) in [6, 6.07) is 3.56. The highest BCUT2D eigenvalue weighted by Crippen LogP contribution is 2.29. The summed E-state index contributed by atoms with van der Waals surface area (Å²) in [4.78, 5) is 36.5. The third kappa shape index (κ3) is 2.28. The highest BCUT2D eigenvalue weighted by Gasteiger charge is 2.37. The highest BCUT2D eigenvalue weighted by atomic mass is 19.1. The molecule has 1 unspecified atom stereocenters. The molecule has 1 aromatic rings. The van der Waals surface area contributed by atoms with Crippen LogP contribution in [0.25, 0.3) is 0 Å². The average Bonchev–Trinajstić information content (AvgIpc) is 2.62. The van der Waals surface area contributed by atoms with Crippen LogP contribution >= 0.6 is 0 Å². The summed E-state index contributed by atoms with van der Waals surface area (Å²) in [7, 11) is 0. The second-order valence-electron chi connectivity index (χ2n) is 4.66. The van der Waals surface area contributed by atoms with Gasteiger partial charge in [-0.25, -0.2) is 4.39 Å². The third-order valence-corrected chi connectivity index (χ3v) is 3.41. The van der Waals surface area contributed by atoms with Crippen LogP contribution in [0.5, 0.6) is 0 Å². The summed E-state index contributed by atoms with van der Waals surface area (Å²) in [6.45, 7) is 3.51. The van der Waals surface area contributed by atoms with Gasteiger partial charge in [0.15, 0.2) is 5.78 Å². The number of halogens is 1. The number of fused-ring (bicyclic) bond motifs is 1. The van der Waals surface area contributed by atoms with Crippen LogP contribution in [-0.4, -0.2) is 24.0 Å². The van der Waals surface area contributed by atoms with Crippen LogP contribution in [0.4, 0.5) is 10.1 Å². The number of benzene rings is 1. The quantitative estimate of drug-likeness (QED) is 0.780. The van der Waals surface area contributed by atoms with Gasteiger partial charge in [-0.05, 0) is 24.6 Å². The van der Waals surface area contributed by atoms with Crippen molar-refractivity contribution in [2.75, 3.05) is 11.4 Å². The van der Waals surface area contributed by atoms with Crippen molar-refractivity contribution in [3.63, 3.8) is 0 Å². The predicted octanol–water partition coefficient (Wildman–Crippen LogP) is 1.97. The standard InChI is InChI=1S/C14H14FNO3/c1-3-8(2)12(17)7-16-11-5-4-9(15)6-10(11)13(18)14(16)19/h4-6,8H,3,7H2,1-2H3. The van der Waals surface area contributed by atoms with Gasteiger partial charge in [-0.2, -0.15) is 0 Å². The van der Waals surface area contributed by atoms with Crippen molar-refractivity contribution in [1.29, 1.82) is 0 Å². The molecular weight excluding hydrogens is 249 g/mol. The maximum absolute atomic E-state index is 13.1. The van der Waals surface area contributed by atoms with Gasteiger partial charge in [0.2, 0.25) is 0 Å². The number of hydrogen-bond donors (Lipinski definition) is 0. The fourth-order valence-corrected chi connectivity index (χ4v) is 1.97. The maximum Gasteiger partial charge on any atom is 0.299 e. The molecule has 19 heavy (non-hydrogen) atoms. The summed E-state index contributed by atoms with van der Waals surface area (Å²) in [5, 5.41) is 0. The van der Waals surface area contributed by atoms with E-state index in [-0.39, 0.29) is 23.8 Å². The fourth-order valence-electron chi connectivity index (χ4n) is 1.97. The van der Waals surface area contributed by atoms with E-state index in [2.05, 4.69) is 0 Å². The van der Waals surface area contributed by atoms with E-state index in [4.69, 9.17) is 0 Å². The molecule has 4 nitrogen and oxygen atoms in total. The van der Waals surface area contributed by atoms with Crippen molar-refractivity contribution >= 4 is 23.2 Å². The molecule has 5 heteroatoms. The van der Waals surface area contributed by atoms with Crippen molar-refractivity contribution in [3.05, 3.63) is 29.6 Å². The number of rotatable bonds is 4. The topological polar surface area (TPSA) is 54.5 Å². The molecule has 1 aliphatic rings. The molecular formula is C14H14FNO3. The van der Waals surface area contributed by atoms with Crippen molar-refractivity contribution < 1.29 is 18.8 Å². The van der Waals surface area contributed by atoms with Crippen molar-refractivity contribution in [2.45, 2.75) is 20.3 Å². The molecule has 100 valence electrons. The zero-order valence-electron chi connectivity index (χ0n) is 10.8. The van der Waals surface area contributed by atoms with Crippen LogP contribution in [0.1, 0.15) is 30.6 Å². The Balaban J connectivity index is 2.31. The fraction of sp³-hybridized carbons (Fsp3) is 0.357. The molecule has 2 rings (SSSR count). The van der Waals surface area contributed by atoms with E-state index in [9.17, 15) is 18.8 Å². The highest BCUT2D eigenvalue weighted by molar-refractivity contribution is 6.52. The van der Waals surface area contributed by atoms with Crippen LogP contribution in [0.15, 0.2) is 18.2 Å². The molecule has 1 aromatic carbocycles. The molecule has 0 saturated heterocycles. The smallest absolute Gasteiger partial charge is 0.297 e. The van der Waals surface area contributed by atoms with Crippen molar-refractivity contribution in [3.8, 4) is 0 Å². The normalized spacial score (nSPS) is 15.6. The SMILES string of the molecule is CCC(C)C(=O)CN1C(=O)C(=O)c2cc(F)ccc21. The van der Waals surface area contributed by atoms with Crippen LogP contribution in [0.2, 0.25) is 0 Å². The lowest BCUT2D eigenvalue weighted by atomic mass is 10.0. The first-order valence-corrected chi connectivity index (χ1v) is 6.14. The average molecular weight is 263 g/mol. The Morgan fingerprint density at radius 2 is 2.05 bits per heavy atom. The van der Waals surface area contributed by atoms with Gasteiger partial charge < -0.3 is 0 Å². The number of nitrogens with zero attached hydrogens (tertiary/aromatic N) is 1. The lowest BCUT2D eigenvalue weighted by molar-refractivity contribution is -0.123. The first kappa shape index (κ1) is 13.4. The molecule has 0 fully saturated rings. The van der Waals surface area contributed by atoms with Gasteiger partial charge in [0, 0.05) is 5.92 Å². The van der Waals surface area contributed by atoms with E-state index in [1.54, 1.807) is 6.92 Å². The summed E-state index contributed by atoms with van der Waals surface area (Å²) >= 11 is 0. The van der Waals surface area contributed by atoms with Gasteiger partial charge in [-0.1, -0.05) is 13.8 Å². The summed E-state index contributed by atoms with van der Waals surface area (Å²) in [5.41, 5.74) is 0.343. The molecule has 1 heterocycles. The summed E-state index contributed by atoms with van der Waals surface area (Å²) in [6.07, 6.45) is 0.672. The van der Waals surface area contributed by atoms with Crippen LogP contribution in [0, 0.1) is 11.7 Å². The van der Waals surface area contributed by atoms with Gasteiger partial charge in [-0.15, -0.1) is 0 Å². The molecule has 0 radical (unpaired) electrons. The number of carbonyl (C=O) groups excluding carboxylic acids is 3. The number of hydrogen-bond acceptors (Lipinski definition) is 3. The molecule has 0 bridgehead atoms. The number of ketones is 2. The predicted molar refractivity (Wildman–Crippen MR) is 67.5 cm³/mol.